The molecule has 1 saturated heterocycles. The highest BCUT2D eigenvalue weighted by molar-refractivity contribution is 7.91. The number of aryl methyl sites for hydroxylation is 2. The van der Waals surface area contributed by atoms with Crippen molar-refractivity contribution in [3.63, 3.8) is 0 Å². The van der Waals surface area contributed by atoms with Crippen LogP contribution in [-0.2, 0) is 29.6 Å². The molecule has 2 aromatic rings. The average molecular weight is 465 g/mol. The first-order valence-electron chi connectivity index (χ1n) is 9.09. The lowest BCUT2D eigenvalue weighted by Gasteiger charge is -2.28. The Kier molecular flexibility index (Phi) is 5.31. The van der Waals surface area contributed by atoms with Crippen molar-refractivity contribution in [3.8, 4) is 0 Å². The van der Waals surface area contributed by atoms with Gasteiger partial charge >= 0.3 is 6.03 Å². The number of sulfonamides is 2. The van der Waals surface area contributed by atoms with Gasteiger partial charge in [0.2, 0.25) is 0 Å². The molecule has 3 amide bonds. The van der Waals surface area contributed by atoms with Gasteiger partial charge in [-0.05, 0) is 52.0 Å². The second-order valence-electron chi connectivity index (χ2n) is 7.38. The van der Waals surface area contributed by atoms with E-state index in [-0.39, 0.29) is 18.4 Å². The predicted molar refractivity (Wildman–Crippen MR) is 110 cm³/mol. The molecule has 9 nitrogen and oxygen atoms in total. The molecule has 3 rings (SSSR count). The number of Topliss-reactive ketones (excluding diaryl/α,β-unsaturated/α-hetero) is 1. The monoisotopic (exact) mass is 464 g/mol. The Morgan fingerprint density at radius 2 is 1.16 bits per heavy atom. The summed E-state index contributed by atoms with van der Waals surface area (Å²) in [5, 5.41) is 0. The SMILES string of the molecule is CC(=O)[C@@]1(C)C(=O)N(S(=O)(=O)c2ccc(C)cc2)C(=O)N1S(=O)(=O)c1ccc(C)cc1. The van der Waals surface area contributed by atoms with E-state index in [4.69, 9.17) is 0 Å². The van der Waals surface area contributed by atoms with Gasteiger partial charge < -0.3 is 0 Å². The number of nitrogens with zero attached hydrogens (tertiary/aromatic N) is 2. The highest BCUT2D eigenvalue weighted by Crippen LogP contribution is 2.37. The maximum atomic E-state index is 13.3. The van der Waals surface area contributed by atoms with Crippen LogP contribution in [0.15, 0.2) is 58.3 Å². The van der Waals surface area contributed by atoms with Crippen LogP contribution in [0.2, 0.25) is 0 Å². The fourth-order valence-corrected chi connectivity index (χ4v) is 6.22. The quantitative estimate of drug-likeness (QED) is 0.489. The third-order valence-electron chi connectivity index (χ3n) is 5.16. The Morgan fingerprint density at radius 3 is 1.55 bits per heavy atom. The Morgan fingerprint density at radius 1 is 0.774 bits per heavy atom. The van der Waals surface area contributed by atoms with Gasteiger partial charge in [0.15, 0.2) is 11.3 Å². The maximum absolute atomic E-state index is 13.3. The third kappa shape index (κ3) is 3.33. The number of carbonyl (C=O) groups excluding carboxylic acids is 3. The molecule has 0 unspecified atom stereocenters. The van der Waals surface area contributed by atoms with Crippen molar-refractivity contribution in [2.24, 2.45) is 0 Å². The molecule has 0 aromatic heterocycles. The first kappa shape index (κ1) is 22.6. The molecule has 31 heavy (non-hydrogen) atoms. The summed E-state index contributed by atoms with van der Waals surface area (Å²) in [5.41, 5.74) is -1.09. The molecular weight excluding hydrogens is 444 g/mol. The maximum Gasteiger partial charge on any atom is 0.356 e. The zero-order valence-corrected chi connectivity index (χ0v) is 18.8. The molecule has 1 aliphatic heterocycles. The van der Waals surface area contributed by atoms with Gasteiger partial charge in [0.25, 0.3) is 26.0 Å². The van der Waals surface area contributed by atoms with Gasteiger partial charge in [0.1, 0.15) is 0 Å². The van der Waals surface area contributed by atoms with Crippen LogP contribution >= 0.6 is 0 Å². The van der Waals surface area contributed by atoms with Crippen molar-refractivity contribution in [3.05, 3.63) is 59.7 Å². The molecule has 1 heterocycles. The molecule has 1 atom stereocenters. The van der Waals surface area contributed by atoms with Crippen LogP contribution in [0.25, 0.3) is 0 Å². The summed E-state index contributed by atoms with van der Waals surface area (Å²) in [6, 6.07) is 9.03. The number of carbonyl (C=O) groups is 3. The topological polar surface area (TPSA) is 126 Å². The zero-order chi connectivity index (χ0) is 23.4. The van der Waals surface area contributed by atoms with Crippen molar-refractivity contribution in [1.29, 1.82) is 0 Å². The van der Waals surface area contributed by atoms with Crippen LogP contribution in [0.4, 0.5) is 4.79 Å². The van der Waals surface area contributed by atoms with Gasteiger partial charge in [-0.3, -0.25) is 9.59 Å². The van der Waals surface area contributed by atoms with Crippen LogP contribution in [0.1, 0.15) is 25.0 Å². The van der Waals surface area contributed by atoms with Gasteiger partial charge in [-0.1, -0.05) is 35.4 Å². The van der Waals surface area contributed by atoms with E-state index in [1.807, 2.05) is 0 Å². The number of hydrogen-bond donors (Lipinski definition) is 0. The van der Waals surface area contributed by atoms with Gasteiger partial charge in [0.05, 0.1) is 9.79 Å². The Bertz CT molecular complexity index is 1300. The van der Waals surface area contributed by atoms with E-state index in [0.29, 0.717) is 0 Å². The van der Waals surface area contributed by atoms with E-state index in [0.717, 1.165) is 25.0 Å². The van der Waals surface area contributed by atoms with E-state index < -0.39 is 43.3 Å². The summed E-state index contributed by atoms with van der Waals surface area (Å²) in [6.45, 7) is 5.28. The lowest BCUT2D eigenvalue weighted by molar-refractivity contribution is -0.136. The lowest BCUT2D eigenvalue weighted by Crippen LogP contribution is -2.54. The second-order valence-corrected chi connectivity index (χ2v) is 11.0. The first-order valence-corrected chi connectivity index (χ1v) is 12.0. The van der Waals surface area contributed by atoms with Crippen molar-refractivity contribution in [1.82, 2.24) is 8.61 Å². The third-order valence-corrected chi connectivity index (χ3v) is 8.70. The summed E-state index contributed by atoms with van der Waals surface area (Å²) in [4.78, 5) is 37.9. The lowest BCUT2D eigenvalue weighted by atomic mass is 9.98. The summed E-state index contributed by atoms with van der Waals surface area (Å²) in [5.74, 6) is -2.45. The smallest absolute Gasteiger partial charge is 0.297 e. The minimum atomic E-state index is -4.76. The Labute approximate surface area is 180 Å². The minimum absolute atomic E-state index is 0.0566. The highest BCUT2D eigenvalue weighted by atomic mass is 32.2. The second kappa shape index (κ2) is 7.27. The molecule has 1 fully saturated rings. The minimum Gasteiger partial charge on any atom is -0.297 e. The van der Waals surface area contributed by atoms with E-state index in [1.54, 1.807) is 13.8 Å². The number of amides is 3. The molecule has 0 radical (unpaired) electrons. The van der Waals surface area contributed by atoms with Crippen LogP contribution in [0.5, 0.6) is 0 Å². The predicted octanol–water partition coefficient (Wildman–Crippen LogP) is 1.99. The summed E-state index contributed by atoms with van der Waals surface area (Å²) in [7, 11) is -9.50. The zero-order valence-electron chi connectivity index (χ0n) is 17.2. The number of rotatable bonds is 5. The van der Waals surface area contributed by atoms with Crippen molar-refractivity contribution < 1.29 is 31.2 Å². The van der Waals surface area contributed by atoms with Gasteiger partial charge in [-0.25, -0.2) is 21.6 Å². The number of imide groups is 1. The van der Waals surface area contributed by atoms with Crippen molar-refractivity contribution in [2.45, 2.75) is 43.0 Å². The molecule has 0 bridgehead atoms. The van der Waals surface area contributed by atoms with E-state index in [1.165, 1.54) is 48.5 Å². The van der Waals surface area contributed by atoms with Crippen LogP contribution in [-0.4, -0.2) is 48.7 Å². The molecule has 2 aromatic carbocycles. The molecule has 0 N–H and O–H groups in total. The van der Waals surface area contributed by atoms with Crippen LogP contribution in [0.3, 0.4) is 0 Å². The molecular formula is C20H20N2O7S2. The molecule has 1 aliphatic rings. The van der Waals surface area contributed by atoms with Crippen molar-refractivity contribution in [2.75, 3.05) is 0 Å². The van der Waals surface area contributed by atoms with Crippen LogP contribution in [0, 0.1) is 13.8 Å². The summed E-state index contributed by atoms with van der Waals surface area (Å²) < 4.78 is 52.6. The number of urea groups is 1. The first-order chi connectivity index (χ1) is 14.3. The summed E-state index contributed by atoms with van der Waals surface area (Å²) in [6.07, 6.45) is 0. The molecule has 11 heteroatoms. The highest BCUT2D eigenvalue weighted by Gasteiger charge is 2.65. The molecule has 0 aliphatic carbocycles. The molecule has 0 spiro atoms. The largest absolute Gasteiger partial charge is 0.356 e. The van der Waals surface area contributed by atoms with Gasteiger partial charge in [-0.2, -0.15) is 4.31 Å². The Balaban J connectivity index is 2.22. The van der Waals surface area contributed by atoms with Crippen LogP contribution < -0.4 is 0 Å². The Hall–Kier alpha value is -3.05. The van der Waals surface area contributed by atoms with Gasteiger partial charge in [0, 0.05) is 0 Å². The average Bonchev–Trinajstić information content (AvgIpc) is 2.90. The van der Waals surface area contributed by atoms with Crippen molar-refractivity contribution >= 4 is 37.8 Å². The molecule has 164 valence electrons. The number of benzene rings is 2. The van der Waals surface area contributed by atoms with E-state index in [9.17, 15) is 31.2 Å². The molecule has 0 saturated carbocycles. The number of ketones is 1. The summed E-state index contributed by atoms with van der Waals surface area (Å²) >= 11 is 0. The fourth-order valence-electron chi connectivity index (χ4n) is 3.13. The normalized spacial score (nSPS) is 19.7. The number of hydrogen-bond acceptors (Lipinski definition) is 7. The van der Waals surface area contributed by atoms with Gasteiger partial charge in [-0.15, -0.1) is 4.31 Å². The fraction of sp³-hybridized carbons (Fsp3) is 0.250. The van der Waals surface area contributed by atoms with E-state index >= 15 is 0 Å². The standard InChI is InChI=1S/C20H20N2O7S2/c1-13-5-9-16(10-6-13)30(26,27)21-18(24)20(4,15(3)23)22(19(21)25)31(28,29)17-11-7-14(2)8-12-17/h5-12H,1-4H3/t20-/m0/s1. The van der Waals surface area contributed by atoms with E-state index in [2.05, 4.69) is 0 Å².